The lowest BCUT2D eigenvalue weighted by atomic mass is 10.4. The largest absolute Gasteiger partial charge is 0.366 e. The molecular weight excluding hydrogens is 108 g/mol. The van der Waals surface area contributed by atoms with Gasteiger partial charge in [0.15, 0.2) is 0 Å². The van der Waals surface area contributed by atoms with E-state index in [9.17, 15) is 4.79 Å². The van der Waals surface area contributed by atoms with Gasteiger partial charge in [-0.05, 0) is 0 Å². The molecule has 1 atom stereocenters. The lowest BCUT2D eigenvalue weighted by molar-refractivity contribution is -0.124. The minimum absolute atomic E-state index is 0.755. The van der Waals surface area contributed by atoms with Crippen LogP contribution < -0.4 is 5.73 Å². The first-order valence-electron chi connectivity index (χ1n) is 1.94. The van der Waals surface area contributed by atoms with Crippen molar-refractivity contribution >= 4 is 5.91 Å². The Morgan fingerprint density at radius 2 is 2.50 bits per heavy atom. The average molecular weight is 114 g/mol. The summed E-state index contributed by atoms with van der Waals surface area (Å²) in [6.45, 7) is 0. The Kier molecular flexibility index (Phi) is 2.59. The molecular formula is C4H6N2O2. The molecule has 0 aromatic heterocycles. The maximum Gasteiger partial charge on any atom is 0.261 e. The van der Waals surface area contributed by atoms with E-state index in [0.717, 1.165) is 0 Å². The number of hydrogen-bond acceptors (Lipinski definition) is 3. The molecule has 0 aliphatic carbocycles. The summed E-state index contributed by atoms with van der Waals surface area (Å²) < 4.78 is 4.33. The van der Waals surface area contributed by atoms with Crippen molar-refractivity contribution in [2.24, 2.45) is 5.73 Å². The molecule has 0 saturated carbocycles. The Bertz CT molecular complexity index is 126. The first kappa shape index (κ1) is 6.92. The van der Waals surface area contributed by atoms with E-state index in [4.69, 9.17) is 5.26 Å². The standard InChI is InChI=1S/C4H6N2O2/c1-8-3(2-5)4(6)7/h3H,1H3,(H2,6,7). The minimum atomic E-state index is -1.10. The van der Waals surface area contributed by atoms with Crippen LogP contribution in [0.5, 0.6) is 0 Å². The molecule has 4 nitrogen and oxygen atoms in total. The first-order chi connectivity index (χ1) is 3.72. The normalized spacial score (nSPS) is 12.0. The third-order valence-corrected chi connectivity index (χ3v) is 0.611. The molecule has 0 heterocycles. The number of amides is 1. The minimum Gasteiger partial charge on any atom is -0.366 e. The van der Waals surface area contributed by atoms with Crippen molar-refractivity contribution in [3.63, 3.8) is 0 Å². The molecule has 0 radical (unpaired) electrons. The van der Waals surface area contributed by atoms with E-state index >= 15 is 0 Å². The van der Waals surface area contributed by atoms with Gasteiger partial charge in [-0.15, -0.1) is 0 Å². The number of nitrogens with zero attached hydrogens (tertiary/aromatic N) is 1. The summed E-state index contributed by atoms with van der Waals surface area (Å²) in [7, 11) is 1.25. The summed E-state index contributed by atoms with van der Waals surface area (Å²) in [4.78, 5) is 10.0. The topological polar surface area (TPSA) is 76.1 Å². The maximum atomic E-state index is 10.0. The van der Waals surface area contributed by atoms with Crippen LogP contribution in [-0.2, 0) is 9.53 Å². The number of carbonyl (C=O) groups is 1. The SMILES string of the molecule is COC(C#N)C(N)=O. The Hall–Kier alpha value is -1.08. The number of nitriles is 1. The Morgan fingerprint density at radius 3 is 2.50 bits per heavy atom. The highest BCUT2D eigenvalue weighted by molar-refractivity contribution is 5.81. The molecule has 1 amide bonds. The van der Waals surface area contributed by atoms with E-state index in [0.29, 0.717) is 0 Å². The van der Waals surface area contributed by atoms with E-state index in [1.54, 1.807) is 6.07 Å². The van der Waals surface area contributed by atoms with Crippen molar-refractivity contribution in [1.29, 1.82) is 5.26 Å². The Labute approximate surface area is 46.8 Å². The molecule has 0 aromatic rings. The second-order valence-electron chi connectivity index (χ2n) is 1.15. The Morgan fingerprint density at radius 1 is 2.00 bits per heavy atom. The summed E-state index contributed by atoms with van der Waals surface area (Å²) in [6, 6.07) is 1.55. The van der Waals surface area contributed by atoms with Crippen LogP contribution >= 0.6 is 0 Å². The van der Waals surface area contributed by atoms with Crippen LogP contribution in [0.4, 0.5) is 0 Å². The van der Waals surface area contributed by atoms with Crippen molar-refractivity contribution in [3.8, 4) is 6.07 Å². The smallest absolute Gasteiger partial charge is 0.261 e. The second-order valence-corrected chi connectivity index (χ2v) is 1.15. The first-order valence-corrected chi connectivity index (χ1v) is 1.94. The fraction of sp³-hybridized carbons (Fsp3) is 0.500. The highest BCUT2D eigenvalue weighted by Gasteiger charge is 2.10. The molecule has 0 aliphatic rings. The lowest BCUT2D eigenvalue weighted by Gasteiger charge is -1.97. The molecule has 44 valence electrons. The molecule has 0 spiro atoms. The quantitative estimate of drug-likeness (QED) is 0.500. The molecule has 0 rings (SSSR count). The predicted octanol–water partition coefficient (Wildman–Crippen LogP) is -0.990. The van der Waals surface area contributed by atoms with Gasteiger partial charge in [0.1, 0.15) is 6.07 Å². The van der Waals surface area contributed by atoms with Crippen LogP contribution in [0, 0.1) is 11.3 Å². The van der Waals surface area contributed by atoms with Gasteiger partial charge >= 0.3 is 0 Å². The predicted molar refractivity (Wildman–Crippen MR) is 25.6 cm³/mol. The highest BCUT2D eigenvalue weighted by Crippen LogP contribution is 1.81. The average Bonchev–Trinajstić information content (AvgIpc) is 1.69. The van der Waals surface area contributed by atoms with Crippen LogP contribution in [0.3, 0.4) is 0 Å². The van der Waals surface area contributed by atoms with Crippen LogP contribution in [0.15, 0.2) is 0 Å². The van der Waals surface area contributed by atoms with Gasteiger partial charge in [0, 0.05) is 7.11 Å². The molecule has 0 fully saturated rings. The number of methoxy groups -OCH3 is 1. The van der Waals surface area contributed by atoms with Gasteiger partial charge in [-0.1, -0.05) is 0 Å². The maximum absolute atomic E-state index is 10.0. The van der Waals surface area contributed by atoms with E-state index < -0.39 is 12.0 Å². The van der Waals surface area contributed by atoms with Gasteiger partial charge in [-0.3, -0.25) is 4.79 Å². The third-order valence-electron chi connectivity index (χ3n) is 0.611. The van der Waals surface area contributed by atoms with Gasteiger partial charge in [0.2, 0.25) is 6.10 Å². The molecule has 0 saturated heterocycles. The van der Waals surface area contributed by atoms with Crippen LogP contribution in [-0.4, -0.2) is 19.1 Å². The summed E-state index contributed by atoms with van der Waals surface area (Å²) in [5.74, 6) is -0.755. The van der Waals surface area contributed by atoms with Gasteiger partial charge in [0.25, 0.3) is 5.91 Å². The number of nitrogens with two attached hydrogens (primary N) is 1. The van der Waals surface area contributed by atoms with Crippen molar-refractivity contribution in [1.82, 2.24) is 0 Å². The second kappa shape index (κ2) is 2.99. The molecule has 8 heavy (non-hydrogen) atoms. The molecule has 1 unspecified atom stereocenters. The van der Waals surface area contributed by atoms with Gasteiger partial charge in [0.05, 0.1) is 0 Å². The fourth-order valence-electron chi connectivity index (χ4n) is 0.232. The molecule has 0 bridgehead atoms. The summed E-state index contributed by atoms with van der Waals surface area (Å²) in [5, 5.41) is 8.02. The van der Waals surface area contributed by atoms with E-state index in [1.807, 2.05) is 0 Å². The van der Waals surface area contributed by atoms with Gasteiger partial charge in [-0.25, -0.2) is 0 Å². The molecule has 0 aliphatic heterocycles. The summed E-state index contributed by atoms with van der Waals surface area (Å²) in [6.07, 6.45) is -1.10. The number of hydrogen-bond donors (Lipinski definition) is 1. The van der Waals surface area contributed by atoms with Gasteiger partial charge in [-0.2, -0.15) is 5.26 Å². The summed E-state index contributed by atoms with van der Waals surface area (Å²) in [5.41, 5.74) is 4.67. The number of ether oxygens (including phenoxy) is 1. The zero-order chi connectivity index (χ0) is 6.57. The van der Waals surface area contributed by atoms with E-state index in [2.05, 4.69) is 10.5 Å². The third kappa shape index (κ3) is 1.58. The van der Waals surface area contributed by atoms with Crippen LogP contribution in [0.2, 0.25) is 0 Å². The zero-order valence-electron chi connectivity index (χ0n) is 4.42. The monoisotopic (exact) mass is 114 g/mol. The van der Waals surface area contributed by atoms with E-state index in [-0.39, 0.29) is 0 Å². The van der Waals surface area contributed by atoms with Gasteiger partial charge < -0.3 is 10.5 Å². The number of carbonyl (C=O) groups excluding carboxylic acids is 1. The molecule has 4 heteroatoms. The van der Waals surface area contributed by atoms with E-state index in [1.165, 1.54) is 7.11 Å². The number of rotatable bonds is 2. The summed E-state index contributed by atoms with van der Waals surface area (Å²) >= 11 is 0. The highest BCUT2D eigenvalue weighted by atomic mass is 16.5. The van der Waals surface area contributed by atoms with Crippen molar-refractivity contribution in [2.45, 2.75) is 6.10 Å². The fourth-order valence-corrected chi connectivity index (χ4v) is 0.232. The lowest BCUT2D eigenvalue weighted by Crippen LogP contribution is -2.28. The molecule has 0 aromatic carbocycles. The number of primary amides is 1. The van der Waals surface area contributed by atoms with Crippen molar-refractivity contribution in [3.05, 3.63) is 0 Å². The van der Waals surface area contributed by atoms with Crippen molar-refractivity contribution < 1.29 is 9.53 Å². The van der Waals surface area contributed by atoms with Crippen LogP contribution in [0.1, 0.15) is 0 Å². The van der Waals surface area contributed by atoms with Crippen LogP contribution in [0.25, 0.3) is 0 Å². The molecule has 2 N–H and O–H groups in total. The van der Waals surface area contributed by atoms with Crippen molar-refractivity contribution in [2.75, 3.05) is 7.11 Å². The zero-order valence-corrected chi connectivity index (χ0v) is 4.42. The Balaban J connectivity index is 3.76.